The zero-order chi connectivity index (χ0) is 13.8. The lowest BCUT2D eigenvalue weighted by Crippen LogP contribution is -2.58. The van der Waals surface area contributed by atoms with Crippen molar-refractivity contribution in [1.82, 2.24) is 5.32 Å². The van der Waals surface area contributed by atoms with Crippen LogP contribution in [0.1, 0.15) is 26.7 Å². The van der Waals surface area contributed by atoms with E-state index in [9.17, 15) is 9.59 Å². The predicted molar refractivity (Wildman–Crippen MR) is 73.0 cm³/mol. The summed E-state index contributed by atoms with van der Waals surface area (Å²) < 4.78 is 9.86. The van der Waals surface area contributed by atoms with Gasteiger partial charge >= 0.3 is 5.97 Å². The van der Waals surface area contributed by atoms with Gasteiger partial charge in [-0.1, -0.05) is 0 Å². The van der Waals surface area contributed by atoms with E-state index in [0.717, 1.165) is 0 Å². The molecule has 1 saturated heterocycles. The van der Waals surface area contributed by atoms with Crippen molar-refractivity contribution in [3.63, 3.8) is 0 Å². The molecule has 0 unspecified atom stereocenters. The van der Waals surface area contributed by atoms with Crippen molar-refractivity contribution in [2.45, 2.75) is 32.2 Å². The minimum Gasteiger partial charge on any atom is -0.469 e. The van der Waals surface area contributed by atoms with Gasteiger partial charge in [-0.05, 0) is 26.7 Å². The smallest absolute Gasteiger partial charge is 0.313 e. The highest BCUT2D eigenvalue weighted by Gasteiger charge is 2.37. The van der Waals surface area contributed by atoms with E-state index in [-0.39, 0.29) is 30.8 Å². The maximum absolute atomic E-state index is 12.0. The van der Waals surface area contributed by atoms with Crippen molar-refractivity contribution in [2.75, 3.05) is 26.9 Å². The lowest BCUT2D eigenvalue weighted by molar-refractivity contribution is -0.150. The maximum Gasteiger partial charge on any atom is 0.313 e. The molecule has 0 aliphatic carbocycles. The number of hydrogen-bond acceptors (Lipinski definition) is 5. The van der Waals surface area contributed by atoms with Crippen molar-refractivity contribution in [2.24, 2.45) is 11.1 Å². The quantitative estimate of drug-likeness (QED) is 0.725. The number of hydrogen-bond donors (Lipinski definition) is 2. The molecule has 0 spiro atoms. The number of nitrogens with two attached hydrogens (primary N) is 1. The van der Waals surface area contributed by atoms with E-state index in [0.29, 0.717) is 26.1 Å². The molecule has 1 fully saturated rings. The first-order chi connectivity index (χ1) is 8.32. The van der Waals surface area contributed by atoms with Crippen LogP contribution in [0.5, 0.6) is 0 Å². The lowest BCUT2D eigenvalue weighted by atomic mass is 9.89. The maximum atomic E-state index is 12.0. The Morgan fingerprint density at radius 1 is 1.37 bits per heavy atom. The molecule has 0 atom stereocenters. The van der Waals surface area contributed by atoms with Crippen LogP contribution < -0.4 is 11.1 Å². The Bertz CT molecular complexity index is 328. The molecule has 0 aromatic heterocycles. The first-order valence-corrected chi connectivity index (χ1v) is 6.05. The third kappa shape index (κ3) is 4.63. The first kappa shape index (κ1) is 18.1. The average molecular weight is 295 g/mol. The molecule has 7 heteroatoms. The monoisotopic (exact) mass is 294 g/mol. The van der Waals surface area contributed by atoms with Crippen LogP contribution in [0.4, 0.5) is 0 Å². The van der Waals surface area contributed by atoms with Crippen LogP contribution in [0, 0.1) is 5.41 Å². The van der Waals surface area contributed by atoms with Gasteiger partial charge in [-0.25, -0.2) is 0 Å². The van der Waals surface area contributed by atoms with E-state index in [1.807, 2.05) is 0 Å². The minimum atomic E-state index is -0.884. The topological polar surface area (TPSA) is 90.7 Å². The molecule has 1 aliphatic heterocycles. The molecule has 1 heterocycles. The molecular weight excluding hydrogens is 272 g/mol. The van der Waals surface area contributed by atoms with Gasteiger partial charge in [0.15, 0.2) is 0 Å². The Morgan fingerprint density at radius 2 is 1.89 bits per heavy atom. The van der Waals surface area contributed by atoms with E-state index in [2.05, 4.69) is 10.1 Å². The van der Waals surface area contributed by atoms with Gasteiger partial charge in [-0.3, -0.25) is 9.59 Å². The molecule has 112 valence electrons. The summed E-state index contributed by atoms with van der Waals surface area (Å²) in [6, 6.07) is 0. The van der Waals surface area contributed by atoms with E-state index < -0.39 is 11.0 Å². The second kappa shape index (κ2) is 7.07. The highest BCUT2D eigenvalue weighted by molar-refractivity contribution is 5.87. The summed E-state index contributed by atoms with van der Waals surface area (Å²) >= 11 is 0. The van der Waals surface area contributed by atoms with Gasteiger partial charge in [0.05, 0.1) is 18.1 Å². The van der Waals surface area contributed by atoms with Crippen LogP contribution in [0.15, 0.2) is 0 Å². The number of esters is 1. The van der Waals surface area contributed by atoms with Crippen LogP contribution in [0.25, 0.3) is 0 Å². The normalized spacial score (nSPS) is 18.1. The molecule has 19 heavy (non-hydrogen) atoms. The van der Waals surface area contributed by atoms with Crippen LogP contribution >= 0.6 is 12.4 Å². The molecule has 0 radical (unpaired) electrons. The molecule has 0 aromatic carbocycles. The molecule has 1 aliphatic rings. The average Bonchev–Trinajstić information content (AvgIpc) is 2.35. The largest absolute Gasteiger partial charge is 0.469 e. The Kier molecular flexibility index (Phi) is 6.76. The Hall–Kier alpha value is -0.850. The van der Waals surface area contributed by atoms with E-state index in [1.165, 1.54) is 7.11 Å². The van der Waals surface area contributed by atoms with Crippen molar-refractivity contribution in [3.8, 4) is 0 Å². The summed E-state index contributed by atoms with van der Waals surface area (Å²) in [5.41, 5.74) is 4.39. The van der Waals surface area contributed by atoms with Crippen molar-refractivity contribution in [3.05, 3.63) is 0 Å². The summed E-state index contributed by atoms with van der Waals surface area (Å²) in [5, 5.41) is 2.73. The Labute approximate surface area is 119 Å². The van der Waals surface area contributed by atoms with Gasteiger partial charge < -0.3 is 20.5 Å². The van der Waals surface area contributed by atoms with Gasteiger partial charge in [0.25, 0.3) is 0 Å². The summed E-state index contributed by atoms with van der Waals surface area (Å²) in [6.45, 7) is 4.62. The van der Waals surface area contributed by atoms with E-state index in [4.69, 9.17) is 10.5 Å². The van der Waals surface area contributed by atoms with Crippen LogP contribution in [0.2, 0.25) is 0 Å². The second-order valence-electron chi connectivity index (χ2n) is 5.33. The van der Waals surface area contributed by atoms with Gasteiger partial charge in [0.2, 0.25) is 5.91 Å². The zero-order valence-corrected chi connectivity index (χ0v) is 12.5. The second-order valence-corrected chi connectivity index (χ2v) is 5.33. The Morgan fingerprint density at radius 3 is 2.37 bits per heavy atom. The number of carbonyl (C=O) groups excluding carboxylic acids is 2. The molecule has 1 rings (SSSR count). The SMILES string of the molecule is COC(=O)C(C)(C)CNC(=O)C1(N)CCOCC1.Cl. The van der Waals surface area contributed by atoms with Gasteiger partial charge in [-0.2, -0.15) is 0 Å². The predicted octanol–water partition coefficient (Wildman–Crippen LogP) is 0.232. The summed E-state index contributed by atoms with van der Waals surface area (Å²) in [4.78, 5) is 23.5. The summed E-state index contributed by atoms with van der Waals surface area (Å²) in [6.07, 6.45) is 0.995. The Balaban J connectivity index is 0.00000324. The van der Waals surface area contributed by atoms with E-state index >= 15 is 0 Å². The van der Waals surface area contributed by atoms with Crippen molar-refractivity contribution in [1.29, 1.82) is 0 Å². The molecular formula is C12H23ClN2O4. The number of carbonyl (C=O) groups is 2. The third-order valence-electron chi connectivity index (χ3n) is 3.27. The fourth-order valence-corrected chi connectivity index (χ4v) is 1.79. The van der Waals surface area contributed by atoms with Crippen LogP contribution in [-0.2, 0) is 19.1 Å². The van der Waals surface area contributed by atoms with Gasteiger partial charge in [-0.15, -0.1) is 12.4 Å². The fourth-order valence-electron chi connectivity index (χ4n) is 1.79. The van der Waals surface area contributed by atoms with Gasteiger partial charge in [0.1, 0.15) is 0 Å². The fraction of sp³-hybridized carbons (Fsp3) is 0.833. The third-order valence-corrected chi connectivity index (χ3v) is 3.27. The van der Waals surface area contributed by atoms with Crippen LogP contribution in [-0.4, -0.2) is 44.3 Å². The molecule has 3 N–H and O–H groups in total. The molecule has 0 aromatic rings. The molecule has 6 nitrogen and oxygen atoms in total. The summed E-state index contributed by atoms with van der Waals surface area (Å²) in [7, 11) is 1.33. The number of nitrogens with one attached hydrogen (secondary N) is 1. The summed E-state index contributed by atoms with van der Waals surface area (Å²) in [5.74, 6) is -0.594. The molecule has 0 bridgehead atoms. The number of rotatable bonds is 4. The highest BCUT2D eigenvalue weighted by atomic mass is 35.5. The first-order valence-electron chi connectivity index (χ1n) is 6.05. The molecule has 0 saturated carbocycles. The number of amides is 1. The minimum absolute atomic E-state index is 0. The standard InChI is InChI=1S/C12H22N2O4.ClH/c1-11(2,10(16)17-3)8-14-9(15)12(13)4-6-18-7-5-12;/h4-8,13H2,1-3H3,(H,14,15);1H. The van der Waals surface area contributed by atoms with E-state index in [1.54, 1.807) is 13.8 Å². The number of methoxy groups -OCH3 is 1. The van der Waals surface area contributed by atoms with Crippen molar-refractivity contribution >= 4 is 24.3 Å². The number of halogens is 1. The lowest BCUT2D eigenvalue weighted by Gasteiger charge is -2.33. The zero-order valence-electron chi connectivity index (χ0n) is 11.7. The van der Waals surface area contributed by atoms with Crippen LogP contribution in [0.3, 0.4) is 0 Å². The van der Waals surface area contributed by atoms with Gasteiger partial charge in [0, 0.05) is 19.8 Å². The number of ether oxygens (including phenoxy) is 2. The van der Waals surface area contributed by atoms with Crippen molar-refractivity contribution < 1.29 is 19.1 Å². The highest BCUT2D eigenvalue weighted by Crippen LogP contribution is 2.19. The molecule has 1 amide bonds.